The van der Waals surface area contributed by atoms with Gasteiger partial charge in [-0.05, 0) is 68.7 Å². The van der Waals surface area contributed by atoms with E-state index in [4.69, 9.17) is 19.9 Å². The van der Waals surface area contributed by atoms with E-state index in [1.165, 1.54) is 4.68 Å². The van der Waals surface area contributed by atoms with Gasteiger partial charge in [0, 0.05) is 17.5 Å². The fourth-order valence-corrected chi connectivity index (χ4v) is 4.09. The fraction of sp³-hybridized carbons (Fsp3) is 0.300. The number of fused-ring (bicyclic) bond motifs is 1. The molecule has 0 aliphatic heterocycles. The Kier molecular flexibility index (Phi) is 8.12. The number of nitrogens with zero attached hydrogens (tertiary/aromatic N) is 2. The van der Waals surface area contributed by atoms with Gasteiger partial charge in [-0.3, -0.25) is 4.79 Å². The van der Waals surface area contributed by atoms with Crippen LogP contribution in [0.1, 0.15) is 44.5 Å². The number of ether oxygens (including phenoxy) is 3. The van der Waals surface area contributed by atoms with Crippen LogP contribution in [0.3, 0.4) is 0 Å². The molecule has 4 aromatic rings. The number of esters is 1. The Morgan fingerprint density at radius 2 is 1.74 bits per heavy atom. The van der Waals surface area contributed by atoms with E-state index in [2.05, 4.69) is 5.10 Å². The molecule has 0 spiro atoms. The number of hydrogen-bond donors (Lipinski definition) is 1. The second kappa shape index (κ2) is 11.5. The SMILES string of the molecule is CCOC(=O)Cc1ccccc1OCc1nn(C(=O)OC(C)(C)C)c2ccc(-c3cccc(CN)c3)cc12. The molecule has 0 saturated carbocycles. The number of para-hydroxylation sites is 1. The van der Waals surface area contributed by atoms with Crippen LogP contribution in [-0.2, 0) is 33.8 Å². The molecule has 8 heteroatoms. The standard InChI is InChI=1S/C30H33N3O5/c1-5-36-28(34)17-23-10-6-7-12-27(23)37-19-25-24-16-22(21-11-8-9-20(15-21)18-31)13-14-26(24)33(32-25)29(35)38-30(2,3)4/h6-16H,5,17-19,31H2,1-4H3. The van der Waals surface area contributed by atoms with Crippen molar-refractivity contribution in [2.24, 2.45) is 5.73 Å². The lowest BCUT2D eigenvalue weighted by Crippen LogP contribution is -2.27. The first-order valence-corrected chi connectivity index (χ1v) is 12.6. The third-order valence-corrected chi connectivity index (χ3v) is 5.80. The third-order valence-electron chi connectivity index (χ3n) is 5.80. The second-order valence-corrected chi connectivity index (χ2v) is 9.85. The Balaban J connectivity index is 1.72. The van der Waals surface area contributed by atoms with Crippen molar-refractivity contribution in [1.82, 2.24) is 9.78 Å². The van der Waals surface area contributed by atoms with Crippen LogP contribution in [0.2, 0.25) is 0 Å². The maximum atomic E-state index is 13.0. The summed E-state index contributed by atoms with van der Waals surface area (Å²) in [5.41, 5.74) is 10.0. The Morgan fingerprint density at radius 3 is 2.47 bits per heavy atom. The van der Waals surface area contributed by atoms with Crippen molar-refractivity contribution in [2.45, 2.75) is 52.9 Å². The molecule has 1 heterocycles. The topological polar surface area (TPSA) is 106 Å². The molecule has 198 valence electrons. The molecular weight excluding hydrogens is 482 g/mol. The Bertz CT molecular complexity index is 1450. The monoisotopic (exact) mass is 515 g/mol. The van der Waals surface area contributed by atoms with Gasteiger partial charge in [0.25, 0.3) is 0 Å². The molecular formula is C30H33N3O5. The van der Waals surface area contributed by atoms with Gasteiger partial charge in [-0.15, -0.1) is 0 Å². The Hall–Kier alpha value is -4.17. The van der Waals surface area contributed by atoms with Crippen LogP contribution in [0.4, 0.5) is 4.79 Å². The molecule has 0 saturated heterocycles. The molecule has 2 N–H and O–H groups in total. The van der Waals surface area contributed by atoms with Crippen LogP contribution in [0.5, 0.6) is 5.75 Å². The lowest BCUT2D eigenvalue weighted by atomic mass is 10.0. The molecule has 0 aliphatic rings. The largest absolute Gasteiger partial charge is 0.487 e. The first kappa shape index (κ1) is 26.9. The molecule has 0 atom stereocenters. The maximum absolute atomic E-state index is 13.0. The molecule has 3 aromatic carbocycles. The normalized spacial score (nSPS) is 11.4. The molecule has 1 aromatic heterocycles. The van der Waals surface area contributed by atoms with Gasteiger partial charge in [0.1, 0.15) is 23.7 Å². The van der Waals surface area contributed by atoms with E-state index >= 15 is 0 Å². The fourth-order valence-electron chi connectivity index (χ4n) is 4.09. The number of aromatic nitrogens is 2. The van der Waals surface area contributed by atoms with Gasteiger partial charge < -0.3 is 19.9 Å². The Morgan fingerprint density at radius 1 is 0.974 bits per heavy atom. The number of benzene rings is 3. The minimum atomic E-state index is -0.680. The molecule has 0 radical (unpaired) electrons. The highest BCUT2D eigenvalue weighted by Crippen LogP contribution is 2.29. The molecule has 0 unspecified atom stereocenters. The van der Waals surface area contributed by atoms with Crippen molar-refractivity contribution < 1.29 is 23.8 Å². The molecule has 8 nitrogen and oxygen atoms in total. The van der Waals surface area contributed by atoms with Crippen LogP contribution in [0, 0.1) is 0 Å². The van der Waals surface area contributed by atoms with Gasteiger partial charge in [0.15, 0.2) is 0 Å². The predicted octanol–water partition coefficient (Wildman–Crippen LogP) is 5.63. The smallest absolute Gasteiger partial charge is 0.435 e. The van der Waals surface area contributed by atoms with Crippen LogP contribution in [0.25, 0.3) is 22.0 Å². The number of carbonyl (C=O) groups is 2. The van der Waals surface area contributed by atoms with E-state index in [-0.39, 0.29) is 19.0 Å². The van der Waals surface area contributed by atoms with Crippen molar-refractivity contribution in [3.05, 3.63) is 83.6 Å². The highest BCUT2D eigenvalue weighted by molar-refractivity contribution is 5.92. The van der Waals surface area contributed by atoms with Crippen molar-refractivity contribution in [2.75, 3.05) is 6.61 Å². The molecule has 38 heavy (non-hydrogen) atoms. The van der Waals surface area contributed by atoms with Crippen molar-refractivity contribution >= 4 is 23.0 Å². The summed E-state index contributed by atoms with van der Waals surface area (Å²) in [6.45, 7) is 8.03. The van der Waals surface area contributed by atoms with Gasteiger partial charge in [0.2, 0.25) is 0 Å². The summed E-state index contributed by atoms with van der Waals surface area (Å²) in [5.74, 6) is 0.222. The first-order valence-electron chi connectivity index (χ1n) is 12.6. The number of rotatable bonds is 8. The van der Waals surface area contributed by atoms with Crippen molar-refractivity contribution in [1.29, 1.82) is 0 Å². The van der Waals surface area contributed by atoms with E-state index in [0.29, 0.717) is 35.7 Å². The van der Waals surface area contributed by atoms with Crippen LogP contribution < -0.4 is 10.5 Å². The summed E-state index contributed by atoms with van der Waals surface area (Å²) >= 11 is 0. The molecule has 0 amide bonds. The van der Waals surface area contributed by atoms with Crippen molar-refractivity contribution in [3.8, 4) is 16.9 Å². The molecule has 0 aliphatic carbocycles. The van der Waals surface area contributed by atoms with Crippen LogP contribution in [0.15, 0.2) is 66.7 Å². The Labute approximate surface area is 222 Å². The van der Waals surface area contributed by atoms with Gasteiger partial charge in [-0.1, -0.05) is 42.5 Å². The summed E-state index contributed by atoms with van der Waals surface area (Å²) in [5, 5.41) is 5.34. The number of nitrogens with two attached hydrogens (primary N) is 1. The van der Waals surface area contributed by atoms with Crippen LogP contribution in [-0.4, -0.2) is 34.1 Å². The average Bonchev–Trinajstić information content (AvgIpc) is 3.25. The first-order chi connectivity index (χ1) is 18.2. The summed E-state index contributed by atoms with van der Waals surface area (Å²) in [4.78, 5) is 25.1. The van der Waals surface area contributed by atoms with Gasteiger partial charge in [-0.25, -0.2) is 4.79 Å². The number of carbonyl (C=O) groups excluding carboxylic acids is 2. The lowest BCUT2D eigenvalue weighted by molar-refractivity contribution is -0.142. The van der Waals surface area contributed by atoms with E-state index in [1.54, 1.807) is 13.0 Å². The zero-order chi connectivity index (χ0) is 27.3. The molecule has 0 fully saturated rings. The second-order valence-electron chi connectivity index (χ2n) is 9.85. The van der Waals surface area contributed by atoms with E-state index < -0.39 is 11.7 Å². The number of hydrogen-bond acceptors (Lipinski definition) is 7. The van der Waals surface area contributed by atoms with Crippen LogP contribution >= 0.6 is 0 Å². The zero-order valence-electron chi connectivity index (χ0n) is 22.2. The molecule has 4 rings (SSSR count). The molecule has 0 bridgehead atoms. The maximum Gasteiger partial charge on any atom is 0.435 e. The van der Waals surface area contributed by atoms with Crippen molar-refractivity contribution in [3.63, 3.8) is 0 Å². The minimum absolute atomic E-state index is 0.0818. The minimum Gasteiger partial charge on any atom is -0.487 e. The predicted molar refractivity (Wildman–Crippen MR) is 146 cm³/mol. The highest BCUT2D eigenvalue weighted by atomic mass is 16.6. The van der Waals surface area contributed by atoms with E-state index in [9.17, 15) is 9.59 Å². The highest BCUT2D eigenvalue weighted by Gasteiger charge is 2.23. The lowest BCUT2D eigenvalue weighted by Gasteiger charge is -2.19. The summed E-state index contributed by atoms with van der Waals surface area (Å²) in [6.07, 6.45) is -0.479. The summed E-state index contributed by atoms with van der Waals surface area (Å²) in [7, 11) is 0. The van der Waals surface area contributed by atoms with Gasteiger partial charge >= 0.3 is 12.1 Å². The average molecular weight is 516 g/mol. The third kappa shape index (κ3) is 6.39. The summed E-state index contributed by atoms with van der Waals surface area (Å²) in [6, 6.07) is 21.1. The van der Waals surface area contributed by atoms with E-state index in [0.717, 1.165) is 22.1 Å². The quantitative estimate of drug-likeness (QED) is 0.303. The zero-order valence-corrected chi connectivity index (χ0v) is 22.2. The van der Waals surface area contributed by atoms with Gasteiger partial charge in [0.05, 0.1) is 18.5 Å². The van der Waals surface area contributed by atoms with E-state index in [1.807, 2.05) is 81.4 Å². The van der Waals surface area contributed by atoms with Gasteiger partial charge in [-0.2, -0.15) is 9.78 Å². The summed E-state index contributed by atoms with van der Waals surface area (Å²) < 4.78 is 18.1.